The molecule has 4 nitrogen and oxygen atoms in total. The Morgan fingerprint density at radius 2 is 1.67 bits per heavy atom. The number of methoxy groups -OCH3 is 1. The van der Waals surface area contributed by atoms with E-state index in [0.717, 1.165) is 22.6 Å². The maximum absolute atomic E-state index is 9.43. The third-order valence-corrected chi connectivity index (χ3v) is 3.94. The second kappa shape index (κ2) is 9.12. The first-order valence-electron chi connectivity index (χ1n) is 8.57. The highest BCUT2D eigenvalue weighted by atomic mass is 16.5. The van der Waals surface area contributed by atoms with Crippen LogP contribution in [0.15, 0.2) is 84.6 Å². The Bertz CT molecular complexity index is 942. The van der Waals surface area contributed by atoms with Crippen LogP contribution in [0.3, 0.4) is 0 Å². The molecule has 0 amide bonds. The maximum Gasteiger partial charge on any atom is 0.142 e. The molecular weight excluding hydrogens is 336 g/mol. The lowest BCUT2D eigenvalue weighted by Gasteiger charge is -2.10. The van der Waals surface area contributed by atoms with E-state index in [9.17, 15) is 5.26 Å². The number of anilines is 1. The highest BCUT2D eigenvalue weighted by Crippen LogP contribution is 2.25. The van der Waals surface area contributed by atoms with Crippen LogP contribution in [0.4, 0.5) is 5.69 Å². The van der Waals surface area contributed by atoms with E-state index in [4.69, 9.17) is 9.47 Å². The number of nitriles is 1. The van der Waals surface area contributed by atoms with E-state index in [1.165, 1.54) is 0 Å². The van der Waals surface area contributed by atoms with E-state index in [2.05, 4.69) is 11.4 Å². The molecule has 27 heavy (non-hydrogen) atoms. The molecule has 0 spiro atoms. The monoisotopic (exact) mass is 356 g/mol. The summed E-state index contributed by atoms with van der Waals surface area (Å²) in [7, 11) is 1.60. The Kier molecular flexibility index (Phi) is 6.11. The zero-order valence-electron chi connectivity index (χ0n) is 15.1. The van der Waals surface area contributed by atoms with Crippen LogP contribution in [0.2, 0.25) is 0 Å². The number of hydrogen-bond donors (Lipinski definition) is 1. The van der Waals surface area contributed by atoms with Crippen molar-refractivity contribution in [2.45, 2.75) is 6.61 Å². The molecule has 0 aliphatic carbocycles. The fourth-order valence-electron chi connectivity index (χ4n) is 2.56. The summed E-state index contributed by atoms with van der Waals surface area (Å²) in [6, 6.07) is 27.3. The van der Waals surface area contributed by atoms with Crippen LogP contribution < -0.4 is 14.8 Å². The van der Waals surface area contributed by atoms with Crippen LogP contribution in [-0.2, 0) is 6.61 Å². The highest BCUT2D eigenvalue weighted by molar-refractivity contribution is 5.68. The summed E-state index contributed by atoms with van der Waals surface area (Å²) in [4.78, 5) is 0. The van der Waals surface area contributed by atoms with Crippen molar-refractivity contribution in [1.82, 2.24) is 0 Å². The summed E-state index contributed by atoms with van der Waals surface area (Å²) in [5.41, 5.74) is 3.20. The van der Waals surface area contributed by atoms with Gasteiger partial charge in [0.2, 0.25) is 0 Å². The zero-order chi connectivity index (χ0) is 18.9. The van der Waals surface area contributed by atoms with Crippen molar-refractivity contribution in [3.05, 3.63) is 95.7 Å². The first-order chi connectivity index (χ1) is 13.3. The number of allylic oxidation sites excluding steroid dienone is 1. The fourth-order valence-corrected chi connectivity index (χ4v) is 2.56. The van der Waals surface area contributed by atoms with Crippen molar-refractivity contribution in [3.63, 3.8) is 0 Å². The maximum atomic E-state index is 9.43. The van der Waals surface area contributed by atoms with Crippen LogP contribution in [0.5, 0.6) is 11.5 Å². The van der Waals surface area contributed by atoms with Crippen molar-refractivity contribution >= 4 is 11.8 Å². The second-order valence-electron chi connectivity index (χ2n) is 5.84. The number of rotatable bonds is 7. The first-order valence-corrected chi connectivity index (χ1v) is 8.57. The Morgan fingerprint density at radius 1 is 0.963 bits per heavy atom. The van der Waals surface area contributed by atoms with Crippen molar-refractivity contribution in [2.24, 2.45) is 0 Å². The number of ether oxygens (including phenoxy) is 2. The van der Waals surface area contributed by atoms with E-state index >= 15 is 0 Å². The minimum Gasteiger partial charge on any atom is -0.495 e. The lowest BCUT2D eigenvalue weighted by molar-refractivity contribution is 0.306. The van der Waals surface area contributed by atoms with Crippen molar-refractivity contribution in [1.29, 1.82) is 5.26 Å². The van der Waals surface area contributed by atoms with E-state index in [-0.39, 0.29) is 0 Å². The lowest BCUT2D eigenvalue weighted by Crippen LogP contribution is -1.99. The van der Waals surface area contributed by atoms with E-state index in [0.29, 0.717) is 18.1 Å². The highest BCUT2D eigenvalue weighted by Gasteiger charge is 2.04. The summed E-state index contributed by atoms with van der Waals surface area (Å²) in [6.45, 7) is 0.523. The summed E-state index contributed by atoms with van der Waals surface area (Å²) >= 11 is 0. The van der Waals surface area contributed by atoms with E-state index in [1.807, 2.05) is 78.9 Å². The van der Waals surface area contributed by atoms with Gasteiger partial charge in [-0.15, -0.1) is 0 Å². The Morgan fingerprint density at radius 3 is 2.37 bits per heavy atom. The molecule has 0 bridgehead atoms. The topological polar surface area (TPSA) is 54.3 Å². The van der Waals surface area contributed by atoms with Crippen molar-refractivity contribution in [3.8, 4) is 17.6 Å². The molecule has 3 aromatic rings. The smallest absolute Gasteiger partial charge is 0.142 e. The predicted molar refractivity (Wildman–Crippen MR) is 107 cm³/mol. The largest absolute Gasteiger partial charge is 0.495 e. The van der Waals surface area contributed by atoms with Gasteiger partial charge in [0.1, 0.15) is 29.9 Å². The van der Waals surface area contributed by atoms with Gasteiger partial charge in [-0.1, -0.05) is 54.6 Å². The molecule has 0 radical (unpaired) electrons. The number of nitrogens with zero attached hydrogens (tertiary/aromatic N) is 1. The van der Waals surface area contributed by atoms with Crippen LogP contribution in [0, 0.1) is 11.3 Å². The first kappa shape index (κ1) is 18.1. The van der Waals surface area contributed by atoms with Crippen molar-refractivity contribution < 1.29 is 9.47 Å². The third-order valence-electron chi connectivity index (χ3n) is 3.94. The Hall–Kier alpha value is -3.71. The van der Waals surface area contributed by atoms with Gasteiger partial charge in [-0.3, -0.25) is 0 Å². The lowest BCUT2D eigenvalue weighted by atomic mass is 10.2. The molecule has 0 unspecified atom stereocenters. The molecule has 0 fully saturated rings. The molecule has 0 aliphatic rings. The Labute approximate surface area is 159 Å². The minimum atomic E-state index is 0.428. The standard InChI is InChI=1S/C23H20N2O2/c1-26-23-10-6-5-9-22(23)25-20(16-24)15-18-11-13-21(14-12-18)27-17-19-7-3-2-4-8-19/h2-15,25H,17H2,1H3. The molecule has 0 saturated carbocycles. The van der Waals surface area contributed by atoms with Gasteiger partial charge in [0.05, 0.1) is 12.8 Å². The van der Waals surface area contributed by atoms with Gasteiger partial charge >= 0.3 is 0 Å². The van der Waals surface area contributed by atoms with Crippen LogP contribution in [0.1, 0.15) is 11.1 Å². The molecule has 0 atom stereocenters. The minimum absolute atomic E-state index is 0.428. The molecular formula is C23H20N2O2. The Balaban J connectivity index is 1.67. The summed E-state index contributed by atoms with van der Waals surface area (Å²) in [5.74, 6) is 1.47. The molecule has 0 aliphatic heterocycles. The van der Waals surface area contributed by atoms with Gasteiger partial charge < -0.3 is 14.8 Å². The molecule has 3 rings (SSSR count). The van der Waals surface area contributed by atoms with E-state index < -0.39 is 0 Å². The van der Waals surface area contributed by atoms with Crippen LogP contribution in [-0.4, -0.2) is 7.11 Å². The summed E-state index contributed by atoms with van der Waals surface area (Å²) < 4.78 is 11.1. The van der Waals surface area contributed by atoms with E-state index in [1.54, 1.807) is 13.2 Å². The molecule has 0 aromatic heterocycles. The SMILES string of the molecule is COc1ccccc1NC(C#N)=Cc1ccc(OCc2ccccc2)cc1. The second-order valence-corrected chi connectivity index (χ2v) is 5.84. The molecule has 1 N–H and O–H groups in total. The molecule has 3 aromatic carbocycles. The summed E-state index contributed by atoms with van der Waals surface area (Å²) in [6.07, 6.45) is 1.79. The fraction of sp³-hybridized carbons (Fsp3) is 0.0870. The number of benzene rings is 3. The average molecular weight is 356 g/mol. The van der Waals surface area contributed by atoms with Gasteiger partial charge in [0.25, 0.3) is 0 Å². The number of para-hydroxylation sites is 2. The van der Waals surface area contributed by atoms with Crippen molar-refractivity contribution in [2.75, 3.05) is 12.4 Å². The van der Waals surface area contributed by atoms with Gasteiger partial charge in [0.15, 0.2) is 0 Å². The number of nitrogens with one attached hydrogen (secondary N) is 1. The quantitative estimate of drug-likeness (QED) is 0.587. The van der Waals surface area contributed by atoms with Crippen LogP contribution >= 0.6 is 0 Å². The number of hydrogen-bond acceptors (Lipinski definition) is 4. The van der Waals surface area contributed by atoms with Gasteiger partial charge in [-0.05, 0) is 41.5 Å². The van der Waals surface area contributed by atoms with Gasteiger partial charge in [0, 0.05) is 0 Å². The third kappa shape index (κ3) is 5.13. The molecule has 0 saturated heterocycles. The predicted octanol–water partition coefficient (Wildman–Crippen LogP) is 5.25. The normalized spacial score (nSPS) is 10.7. The van der Waals surface area contributed by atoms with Gasteiger partial charge in [-0.2, -0.15) is 5.26 Å². The van der Waals surface area contributed by atoms with Crippen LogP contribution in [0.25, 0.3) is 6.08 Å². The average Bonchev–Trinajstić information content (AvgIpc) is 2.74. The van der Waals surface area contributed by atoms with Gasteiger partial charge in [-0.25, -0.2) is 0 Å². The molecule has 4 heteroatoms. The zero-order valence-corrected chi connectivity index (χ0v) is 15.1. The molecule has 0 heterocycles. The molecule has 134 valence electrons. The summed E-state index contributed by atoms with van der Waals surface area (Å²) in [5, 5.41) is 12.5.